The van der Waals surface area contributed by atoms with Crippen LogP contribution < -0.4 is 5.32 Å². The van der Waals surface area contributed by atoms with E-state index in [4.69, 9.17) is 16.1 Å². The lowest BCUT2D eigenvalue weighted by Crippen LogP contribution is -2.19. The van der Waals surface area contributed by atoms with Crippen LogP contribution in [0, 0.1) is 0 Å². The highest BCUT2D eigenvalue weighted by Crippen LogP contribution is 2.20. The van der Waals surface area contributed by atoms with Crippen LogP contribution in [0.2, 0.25) is 5.02 Å². The van der Waals surface area contributed by atoms with Gasteiger partial charge in [0.2, 0.25) is 11.7 Å². The number of nitrogens with one attached hydrogen (secondary N) is 1. The minimum Gasteiger partial charge on any atom is -0.339 e. The van der Waals surface area contributed by atoms with Crippen molar-refractivity contribution in [3.63, 3.8) is 0 Å². The Hall–Kier alpha value is -1.39. The van der Waals surface area contributed by atoms with E-state index in [9.17, 15) is 0 Å². The molecule has 1 fully saturated rings. The Morgan fingerprint density at radius 3 is 2.78 bits per heavy atom. The van der Waals surface area contributed by atoms with Crippen molar-refractivity contribution in [1.82, 2.24) is 15.5 Å². The van der Waals surface area contributed by atoms with Crippen LogP contribution in [0.5, 0.6) is 0 Å². The first-order chi connectivity index (χ1) is 8.81. The maximum Gasteiger partial charge on any atom is 0.228 e. The molecule has 94 valence electrons. The Morgan fingerprint density at radius 2 is 2.06 bits per heavy atom. The Morgan fingerprint density at radius 1 is 1.28 bits per heavy atom. The SMILES string of the molecule is Clc1ccc(-c2noc(CCNC3CC3)n2)cc1. The number of halogens is 1. The molecule has 0 aliphatic heterocycles. The van der Waals surface area contributed by atoms with Crippen LogP contribution in [0.15, 0.2) is 28.8 Å². The van der Waals surface area contributed by atoms with Crippen molar-refractivity contribution in [1.29, 1.82) is 0 Å². The number of hydrogen-bond acceptors (Lipinski definition) is 4. The molecule has 1 aliphatic carbocycles. The summed E-state index contributed by atoms with van der Waals surface area (Å²) in [5.74, 6) is 1.29. The van der Waals surface area contributed by atoms with Crippen molar-refractivity contribution in [2.75, 3.05) is 6.54 Å². The summed E-state index contributed by atoms with van der Waals surface area (Å²) in [5, 5.41) is 8.09. The standard InChI is InChI=1S/C13H14ClN3O/c14-10-3-1-9(2-4-10)13-16-12(18-17-13)7-8-15-11-5-6-11/h1-4,11,15H,5-8H2. The highest BCUT2D eigenvalue weighted by molar-refractivity contribution is 6.30. The van der Waals surface area contributed by atoms with Gasteiger partial charge in [0.25, 0.3) is 0 Å². The molecular weight excluding hydrogens is 250 g/mol. The molecule has 18 heavy (non-hydrogen) atoms. The second kappa shape index (κ2) is 5.08. The van der Waals surface area contributed by atoms with Gasteiger partial charge >= 0.3 is 0 Å². The van der Waals surface area contributed by atoms with E-state index in [1.807, 2.05) is 24.3 Å². The molecule has 1 heterocycles. The van der Waals surface area contributed by atoms with Gasteiger partial charge in [-0.05, 0) is 37.1 Å². The minimum atomic E-state index is 0.619. The van der Waals surface area contributed by atoms with Crippen molar-refractivity contribution < 1.29 is 4.52 Å². The van der Waals surface area contributed by atoms with E-state index in [0.717, 1.165) is 18.5 Å². The van der Waals surface area contributed by atoms with E-state index in [1.54, 1.807) is 0 Å². The van der Waals surface area contributed by atoms with E-state index in [1.165, 1.54) is 12.8 Å². The van der Waals surface area contributed by atoms with Crippen LogP contribution in [-0.4, -0.2) is 22.7 Å². The quantitative estimate of drug-likeness (QED) is 0.901. The van der Waals surface area contributed by atoms with Crippen molar-refractivity contribution in [2.45, 2.75) is 25.3 Å². The van der Waals surface area contributed by atoms with Gasteiger partial charge in [0, 0.05) is 29.6 Å². The Bertz CT molecular complexity index is 519. The van der Waals surface area contributed by atoms with Crippen LogP contribution in [-0.2, 0) is 6.42 Å². The number of benzene rings is 1. The van der Waals surface area contributed by atoms with Crippen molar-refractivity contribution >= 4 is 11.6 Å². The van der Waals surface area contributed by atoms with Gasteiger partial charge in [0.1, 0.15) is 0 Å². The Balaban J connectivity index is 1.62. The Kier molecular flexibility index (Phi) is 3.30. The largest absolute Gasteiger partial charge is 0.339 e. The summed E-state index contributed by atoms with van der Waals surface area (Å²) in [6.45, 7) is 0.896. The predicted octanol–water partition coefficient (Wildman–Crippen LogP) is 2.68. The van der Waals surface area contributed by atoms with E-state index in [-0.39, 0.29) is 0 Å². The molecule has 0 radical (unpaired) electrons. The van der Waals surface area contributed by atoms with Gasteiger partial charge in [-0.3, -0.25) is 0 Å². The van der Waals surface area contributed by atoms with Gasteiger partial charge in [-0.2, -0.15) is 4.98 Å². The van der Waals surface area contributed by atoms with E-state index in [0.29, 0.717) is 22.8 Å². The highest BCUT2D eigenvalue weighted by Gasteiger charge is 2.20. The molecule has 5 heteroatoms. The molecule has 0 spiro atoms. The maximum atomic E-state index is 5.84. The molecule has 0 unspecified atom stereocenters. The van der Waals surface area contributed by atoms with Crippen molar-refractivity contribution in [2.24, 2.45) is 0 Å². The molecule has 0 amide bonds. The van der Waals surface area contributed by atoms with Crippen LogP contribution >= 0.6 is 11.6 Å². The highest BCUT2D eigenvalue weighted by atomic mass is 35.5. The topological polar surface area (TPSA) is 51.0 Å². The molecular formula is C13H14ClN3O. The molecule has 1 saturated carbocycles. The van der Waals surface area contributed by atoms with Crippen LogP contribution in [0.1, 0.15) is 18.7 Å². The Labute approximate surface area is 110 Å². The third-order valence-corrected chi connectivity index (χ3v) is 3.17. The van der Waals surface area contributed by atoms with Crippen LogP contribution in [0.3, 0.4) is 0 Å². The monoisotopic (exact) mass is 263 g/mol. The maximum absolute atomic E-state index is 5.84. The molecule has 3 rings (SSSR count). The average Bonchev–Trinajstić information content (AvgIpc) is 3.08. The van der Waals surface area contributed by atoms with E-state index >= 15 is 0 Å². The second-order valence-corrected chi connectivity index (χ2v) is 4.93. The van der Waals surface area contributed by atoms with Gasteiger partial charge in [-0.1, -0.05) is 16.8 Å². The zero-order valence-corrected chi connectivity index (χ0v) is 10.7. The van der Waals surface area contributed by atoms with Crippen LogP contribution in [0.25, 0.3) is 11.4 Å². The average molecular weight is 264 g/mol. The zero-order valence-electron chi connectivity index (χ0n) is 9.90. The van der Waals surface area contributed by atoms with E-state index < -0.39 is 0 Å². The molecule has 1 aliphatic rings. The normalized spacial score (nSPS) is 14.9. The summed E-state index contributed by atoms with van der Waals surface area (Å²) in [6, 6.07) is 8.13. The number of hydrogen-bond donors (Lipinski definition) is 1. The van der Waals surface area contributed by atoms with Crippen molar-refractivity contribution in [3.8, 4) is 11.4 Å². The summed E-state index contributed by atoms with van der Waals surface area (Å²) in [7, 11) is 0. The molecule has 4 nitrogen and oxygen atoms in total. The van der Waals surface area contributed by atoms with Gasteiger partial charge in [-0.15, -0.1) is 0 Å². The zero-order chi connectivity index (χ0) is 12.4. The third kappa shape index (κ3) is 2.89. The predicted molar refractivity (Wildman–Crippen MR) is 69.5 cm³/mol. The summed E-state index contributed by atoms with van der Waals surface area (Å²) in [5.41, 5.74) is 0.921. The summed E-state index contributed by atoms with van der Waals surface area (Å²) >= 11 is 5.84. The summed E-state index contributed by atoms with van der Waals surface area (Å²) in [4.78, 5) is 4.37. The third-order valence-electron chi connectivity index (χ3n) is 2.92. The smallest absolute Gasteiger partial charge is 0.228 e. The first-order valence-electron chi connectivity index (χ1n) is 6.13. The fourth-order valence-corrected chi connectivity index (χ4v) is 1.87. The molecule has 1 aromatic carbocycles. The molecule has 0 atom stereocenters. The summed E-state index contributed by atoms with van der Waals surface area (Å²) in [6.07, 6.45) is 3.36. The number of nitrogens with zero attached hydrogens (tertiary/aromatic N) is 2. The summed E-state index contributed by atoms with van der Waals surface area (Å²) < 4.78 is 5.22. The lowest BCUT2D eigenvalue weighted by Gasteiger charge is -1.97. The fourth-order valence-electron chi connectivity index (χ4n) is 1.74. The van der Waals surface area contributed by atoms with Crippen LogP contribution in [0.4, 0.5) is 0 Å². The molecule has 1 aromatic heterocycles. The van der Waals surface area contributed by atoms with E-state index in [2.05, 4.69) is 15.5 Å². The minimum absolute atomic E-state index is 0.619. The molecule has 0 bridgehead atoms. The molecule has 2 aromatic rings. The number of aromatic nitrogens is 2. The first kappa shape index (κ1) is 11.7. The van der Waals surface area contributed by atoms with Gasteiger partial charge in [0.05, 0.1) is 0 Å². The van der Waals surface area contributed by atoms with Gasteiger partial charge in [-0.25, -0.2) is 0 Å². The lowest BCUT2D eigenvalue weighted by atomic mass is 10.2. The lowest BCUT2D eigenvalue weighted by molar-refractivity contribution is 0.376. The molecule has 1 N–H and O–H groups in total. The number of rotatable bonds is 5. The van der Waals surface area contributed by atoms with Crippen molar-refractivity contribution in [3.05, 3.63) is 35.2 Å². The first-order valence-corrected chi connectivity index (χ1v) is 6.51. The molecule has 0 saturated heterocycles. The van der Waals surface area contributed by atoms with Gasteiger partial charge in [0.15, 0.2) is 0 Å². The van der Waals surface area contributed by atoms with Gasteiger partial charge < -0.3 is 9.84 Å². The fraction of sp³-hybridized carbons (Fsp3) is 0.385. The second-order valence-electron chi connectivity index (χ2n) is 4.50.